The second-order valence-electron chi connectivity index (χ2n) is 5.76. The zero-order valence-electron chi connectivity index (χ0n) is 11.1. The molecule has 2 rings (SSSR count). The Morgan fingerprint density at radius 3 is 2.47 bits per heavy atom. The molecule has 0 spiro atoms. The van der Waals surface area contributed by atoms with E-state index in [1.807, 2.05) is 0 Å². The second-order valence-corrected chi connectivity index (χ2v) is 6.55. The van der Waals surface area contributed by atoms with Crippen molar-refractivity contribution in [2.45, 2.75) is 39.5 Å². The molecular formula is C15H19BrO. The van der Waals surface area contributed by atoms with Gasteiger partial charge in [0.05, 0.1) is 11.6 Å². The van der Waals surface area contributed by atoms with Gasteiger partial charge in [0.2, 0.25) is 0 Å². The van der Waals surface area contributed by atoms with Gasteiger partial charge in [-0.05, 0) is 51.9 Å². The van der Waals surface area contributed by atoms with Gasteiger partial charge < -0.3 is 4.74 Å². The number of methoxy groups -OCH3 is 1. The molecule has 0 aliphatic heterocycles. The van der Waals surface area contributed by atoms with Gasteiger partial charge in [-0.2, -0.15) is 0 Å². The average molecular weight is 295 g/mol. The summed E-state index contributed by atoms with van der Waals surface area (Å²) in [5.41, 5.74) is 5.45. The molecule has 17 heavy (non-hydrogen) atoms. The monoisotopic (exact) mass is 294 g/mol. The van der Waals surface area contributed by atoms with Crippen molar-refractivity contribution in [3.05, 3.63) is 32.8 Å². The summed E-state index contributed by atoms with van der Waals surface area (Å²) < 4.78 is 6.71. The van der Waals surface area contributed by atoms with E-state index < -0.39 is 0 Å². The molecule has 1 aliphatic carbocycles. The van der Waals surface area contributed by atoms with Crippen molar-refractivity contribution in [2.24, 2.45) is 0 Å². The average Bonchev–Trinajstić information content (AvgIpc) is 2.57. The van der Waals surface area contributed by atoms with E-state index in [2.05, 4.69) is 55.8 Å². The minimum absolute atomic E-state index is 0.0905. The van der Waals surface area contributed by atoms with Gasteiger partial charge in [-0.25, -0.2) is 0 Å². The number of allylic oxidation sites excluding steroid dienone is 1. The molecule has 1 aliphatic rings. The van der Waals surface area contributed by atoms with Gasteiger partial charge in [-0.15, -0.1) is 0 Å². The summed E-state index contributed by atoms with van der Waals surface area (Å²) in [5.74, 6) is 0.986. The second kappa shape index (κ2) is 4.16. The molecule has 0 fully saturated rings. The Morgan fingerprint density at radius 1 is 1.29 bits per heavy atom. The molecule has 0 atom stereocenters. The van der Waals surface area contributed by atoms with E-state index in [0.29, 0.717) is 0 Å². The van der Waals surface area contributed by atoms with Crippen LogP contribution in [0.25, 0.3) is 6.08 Å². The predicted octanol–water partition coefficient (Wildman–Crippen LogP) is 4.71. The van der Waals surface area contributed by atoms with E-state index in [-0.39, 0.29) is 5.41 Å². The van der Waals surface area contributed by atoms with Crippen molar-refractivity contribution in [2.75, 3.05) is 7.11 Å². The van der Waals surface area contributed by atoms with Crippen LogP contribution in [0.3, 0.4) is 0 Å². The molecule has 1 nitrogen and oxygen atoms in total. The summed E-state index contributed by atoms with van der Waals surface area (Å²) in [6.07, 6.45) is 3.30. The molecule has 0 saturated heterocycles. The number of hydrogen-bond donors (Lipinski definition) is 0. The van der Waals surface area contributed by atoms with Crippen LogP contribution in [0.5, 0.6) is 5.75 Å². The van der Waals surface area contributed by atoms with Crippen LogP contribution in [0.1, 0.15) is 44.4 Å². The zero-order valence-corrected chi connectivity index (χ0v) is 12.7. The van der Waals surface area contributed by atoms with Crippen LogP contribution in [0.4, 0.5) is 0 Å². The van der Waals surface area contributed by atoms with Gasteiger partial charge >= 0.3 is 0 Å². The van der Waals surface area contributed by atoms with Crippen molar-refractivity contribution < 1.29 is 4.74 Å². The minimum Gasteiger partial charge on any atom is -0.495 e. The molecule has 0 aromatic heterocycles. The lowest BCUT2D eigenvalue weighted by molar-refractivity contribution is 0.394. The molecule has 0 N–H and O–H groups in total. The highest BCUT2D eigenvalue weighted by Crippen LogP contribution is 2.43. The Hall–Kier alpha value is -0.760. The summed E-state index contributed by atoms with van der Waals surface area (Å²) in [6.45, 7) is 8.83. The lowest BCUT2D eigenvalue weighted by Crippen LogP contribution is -2.14. The van der Waals surface area contributed by atoms with E-state index in [1.54, 1.807) is 7.11 Å². The molecule has 0 heterocycles. The van der Waals surface area contributed by atoms with Crippen LogP contribution in [0.15, 0.2) is 16.1 Å². The van der Waals surface area contributed by atoms with E-state index in [4.69, 9.17) is 4.74 Å². The third-order valence-corrected chi connectivity index (χ3v) is 4.07. The molecule has 2 heteroatoms. The molecule has 0 radical (unpaired) electrons. The van der Waals surface area contributed by atoms with Crippen molar-refractivity contribution in [3.8, 4) is 5.75 Å². The number of ether oxygens (including phenoxy) is 1. The Morgan fingerprint density at radius 2 is 1.94 bits per heavy atom. The van der Waals surface area contributed by atoms with Gasteiger partial charge in [0.15, 0.2) is 0 Å². The van der Waals surface area contributed by atoms with E-state index in [1.165, 1.54) is 22.3 Å². The minimum atomic E-state index is 0.0905. The highest BCUT2D eigenvalue weighted by atomic mass is 79.9. The van der Waals surface area contributed by atoms with Crippen molar-refractivity contribution in [1.29, 1.82) is 0 Å². The maximum absolute atomic E-state index is 5.59. The summed E-state index contributed by atoms with van der Waals surface area (Å²) in [7, 11) is 1.75. The number of benzene rings is 1. The first-order valence-corrected chi connectivity index (χ1v) is 6.71. The normalized spacial score (nSPS) is 14.6. The molecular weight excluding hydrogens is 276 g/mol. The number of halogens is 1. The van der Waals surface area contributed by atoms with Crippen LogP contribution in [0, 0.1) is 0 Å². The van der Waals surface area contributed by atoms with E-state index in [9.17, 15) is 0 Å². The SMILES string of the molecule is COc1c(C(C)(C)C)cc2c(c1Br)CC(C)=C2. The Kier molecular flexibility index (Phi) is 3.11. The first kappa shape index (κ1) is 12.7. The van der Waals surface area contributed by atoms with Crippen LogP contribution in [-0.2, 0) is 11.8 Å². The highest BCUT2D eigenvalue weighted by molar-refractivity contribution is 9.10. The lowest BCUT2D eigenvalue weighted by atomic mass is 9.84. The Balaban J connectivity index is 2.69. The first-order chi connectivity index (χ1) is 7.84. The number of hydrogen-bond acceptors (Lipinski definition) is 1. The Bertz CT molecular complexity index is 493. The van der Waals surface area contributed by atoms with Gasteiger partial charge in [0, 0.05) is 5.56 Å². The van der Waals surface area contributed by atoms with Crippen LogP contribution >= 0.6 is 15.9 Å². The Labute approximate surface area is 112 Å². The summed E-state index contributed by atoms with van der Waals surface area (Å²) >= 11 is 3.70. The fourth-order valence-electron chi connectivity index (χ4n) is 2.35. The lowest BCUT2D eigenvalue weighted by Gasteiger charge is -2.24. The zero-order chi connectivity index (χ0) is 12.8. The van der Waals surface area contributed by atoms with Crippen LogP contribution < -0.4 is 4.74 Å². The van der Waals surface area contributed by atoms with Gasteiger partial charge in [0.1, 0.15) is 5.75 Å². The smallest absolute Gasteiger partial charge is 0.137 e. The number of fused-ring (bicyclic) bond motifs is 1. The molecule has 1 aromatic rings. The largest absolute Gasteiger partial charge is 0.495 e. The fraction of sp³-hybridized carbons (Fsp3) is 0.467. The predicted molar refractivity (Wildman–Crippen MR) is 76.7 cm³/mol. The molecule has 92 valence electrons. The molecule has 0 amide bonds. The van der Waals surface area contributed by atoms with Crippen molar-refractivity contribution in [1.82, 2.24) is 0 Å². The fourth-order valence-corrected chi connectivity index (χ4v) is 3.10. The quantitative estimate of drug-likeness (QED) is 0.728. The van der Waals surface area contributed by atoms with Crippen LogP contribution in [-0.4, -0.2) is 7.11 Å². The highest BCUT2D eigenvalue weighted by Gasteiger charge is 2.25. The van der Waals surface area contributed by atoms with Gasteiger partial charge in [-0.3, -0.25) is 0 Å². The van der Waals surface area contributed by atoms with Gasteiger partial charge in [0.25, 0.3) is 0 Å². The molecule has 0 bridgehead atoms. The van der Waals surface area contributed by atoms with E-state index in [0.717, 1.165) is 16.6 Å². The molecule has 0 unspecified atom stereocenters. The summed E-state index contributed by atoms with van der Waals surface area (Å²) in [6, 6.07) is 2.27. The maximum atomic E-state index is 5.59. The van der Waals surface area contributed by atoms with Crippen molar-refractivity contribution in [3.63, 3.8) is 0 Å². The first-order valence-electron chi connectivity index (χ1n) is 5.91. The van der Waals surface area contributed by atoms with Gasteiger partial charge in [-0.1, -0.05) is 32.4 Å². The molecule has 0 saturated carbocycles. The van der Waals surface area contributed by atoms with Crippen molar-refractivity contribution >= 4 is 22.0 Å². The van der Waals surface area contributed by atoms with Crippen LogP contribution in [0.2, 0.25) is 0 Å². The van der Waals surface area contributed by atoms with E-state index >= 15 is 0 Å². The topological polar surface area (TPSA) is 9.23 Å². The standard InChI is InChI=1S/C15H19BrO/c1-9-6-10-8-12(15(2,3)4)14(17-5)13(16)11(10)7-9/h6,8H,7H2,1-5H3. The summed E-state index contributed by atoms with van der Waals surface area (Å²) in [5, 5.41) is 0. The maximum Gasteiger partial charge on any atom is 0.137 e. The third-order valence-electron chi connectivity index (χ3n) is 3.23. The number of rotatable bonds is 1. The summed E-state index contributed by atoms with van der Waals surface area (Å²) in [4.78, 5) is 0. The third kappa shape index (κ3) is 2.15. The molecule has 1 aromatic carbocycles.